The Labute approximate surface area is 137 Å². The van der Waals surface area contributed by atoms with Gasteiger partial charge in [0.15, 0.2) is 0 Å². The highest BCUT2D eigenvalue weighted by atomic mass is 16.1. The van der Waals surface area contributed by atoms with Crippen molar-refractivity contribution in [2.45, 2.75) is 6.92 Å². The van der Waals surface area contributed by atoms with Crippen LogP contribution in [0.2, 0.25) is 0 Å². The number of carbonyl (C=O) groups excluding carboxylic acids is 1. The average Bonchev–Trinajstić information content (AvgIpc) is 2.56. The summed E-state index contributed by atoms with van der Waals surface area (Å²) in [6.07, 6.45) is 3.39. The number of carbonyl (C=O) groups is 1. The summed E-state index contributed by atoms with van der Waals surface area (Å²) < 4.78 is 0. The summed E-state index contributed by atoms with van der Waals surface area (Å²) >= 11 is 0. The van der Waals surface area contributed by atoms with Crippen molar-refractivity contribution < 1.29 is 4.79 Å². The lowest BCUT2D eigenvalue weighted by atomic mass is 10.2. The summed E-state index contributed by atoms with van der Waals surface area (Å²) in [6, 6.07) is 12.0. The smallest absolute Gasteiger partial charge is 0.252 e. The first-order valence-corrected chi connectivity index (χ1v) is 7.82. The number of amides is 1. The van der Waals surface area contributed by atoms with E-state index in [2.05, 4.69) is 22.1 Å². The SMILES string of the molecule is CCN(c1ccccc1)c1cncc(C(=O)NCCN(C)C)c1. The molecule has 0 saturated heterocycles. The zero-order valence-electron chi connectivity index (χ0n) is 14.0. The predicted molar refractivity (Wildman–Crippen MR) is 94.2 cm³/mol. The molecule has 0 fully saturated rings. The molecule has 2 aromatic rings. The number of hydrogen-bond acceptors (Lipinski definition) is 4. The van der Waals surface area contributed by atoms with Crippen LogP contribution in [0, 0.1) is 0 Å². The molecule has 0 unspecified atom stereocenters. The highest BCUT2D eigenvalue weighted by Crippen LogP contribution is 2.24. The molecule has 122 valence electrons. The third-order valence-electron chi connectivity index (χ3n) is 3.53. The minimum absolute atomic E-state index is 0.0923. The van der Waals surface area contributed by atoms with E-state index in [0.29, 0.717) is 12.1 Å². The molecule has 0 spiro atoms. The van der Waals surface area contributed by atoms with Gasteiger partial charge in [-0.15, -0.1) is 0 Å². The highest BCUT2D eigenvalue weighted by Gasteiger charge is 2.11. The van der Waals surface area contributed by atoms with E-state index in [1.165, 1.54) is 0 Å². The summed E-state index contributed by atoms with van der Waals surface area (Å²) in [5, 5.41) is 2.92. The van der Waals surface area contributed by atoms with Crippen LogP contribution < -0.4 is 10.2 Å². The van der Waals surface area contributed by atoms with E-state index in [0.717, 1.165) is 24.5 Å². The van der Waals surface area contributed by atoms with Gasteiger partial charge in [-0.05, 0) is 39.2 Å². The summed E-state index contributed by atoms with van der Waals surface area (Å²) in [6.45, 7) is 4.31. The van der Waals surface area contributed by atoms with Crippen molar-refractivity contribution in [3.8, 4) is 0 Å². The molecule has 0 aliphatic heterocycles. The van der Waals surface area contributed by atoms with Gasteiger partial charge in [0.1, 0.15) is 0 Å². The molecule has 1 aromatic carbocycles. The van der Waals surface area contributed by atoms with Crippen LogP contribution in [0.5, 0.6) is 0 Å². The van der Waals surface area contributed by atoms with Gasteiger partial charge >= 0.3 is 0 Å². The number of pyridine rings is 1. The van der Waals surface area contributed by atoms with Gasteiger partial charge in [-0.25, -0.2) is 0 Å². The molecule has 0 saturated carbocycles. The first-order chi connectivity index (χ1) is 11.1. The monoisotopic (exact) mass is 312 g/mol. The number of likely N-dealkylation sites (N-methyl/N-ethyl adjacent to an activating group) is 1. The van der Waals surface area contributed by atoms with E-state index in [4.69, 9.17) is 0 Å². The Morgan fingerprint density at radius 2 is 1.87 bits per heavy atom. The quantitative estimate of drug-likeness (QED) is 0.853. The van der Waals surface area contributed by atoms with E-state index in [1.807, 2.05) is 55.4 Å². The first-order valence-electron chi connectivity index (χ1n) is 7.82. The fraction of sp³-hybridized carbons (Fsp3) is 0.333. The molecular formula is C18H24N4O. The van der Waals surface area contributed by atoms with Crippen LogP contribution >= 0.6 is 0 Å². The van der Waals surface area contributed by atoms with Gasteiger partial charge in [0.2, 0.25) is 0 Å². The summed E-state index contributed by atoms with van der Waals surface area (Å²) in [5.74, 6) is -0.0923. The van der Waals surface area contributed by atoms with E-state index in [-0.39, 0.29) is 5.91 Å². The predicted octanol–water partition coefficient (Wildman–Crippen LogP) is 2.53. The third-order valence-corrected chi connectivity index (χ3v) is 3.53. The topological polar surface area (TPSA) is 48.5 Å². The van der Waals surface area contributed by atoms with Crippen molar-refractivity contribution in [1.29, 1.82) is 0 Å². The van der Waals surface area contributed by atoms with Crippen molar-refractivity contribution in [3.63, 3.8) is 0 Å². The van der Waals surface area contributed by atoms with Gasteiger partial charge in [-0.3, -0.25) is 9.78 Å². The molecule has 0 radical (unpaired) electrons. The molecule has 1 N–H and O–H groups in total. The highest BCUT2D eigenvalue weighted by molar-refractivity contribution is 5.94. The van der Waals surface area contributed by atoms with Crippen molar-refractivity contribution in [1.82, 2.24) is 15.2 Å². The fourth-order valence-electron chi connectivity index (χ4n) is 2.32. The van der Waals surface area contributed by atoms with Crippen molar-refractivity contribution in [2.75, 3.05) is 38.6 Å². The van der Waals surface area contributed by atoms with Crippen LogP contribution in [0.25, 0.3) is 0 Å². The van der Waals surface area contributed by atoms with Gasteiger partial charge < -0.3 is 15.1 Å². The maximum absolute atomic E-state index is 12.2. The van der Waals surface area contributed by atoms with Crippen LogP contribution in [0.1, 0.15) is 17.3 Å². The van der Waals surface area contributed by atoms with Gasteiger partial charge in [-0.2, -0.15) is 0 Å². The lowest BCUT2D eigenvalue weighted by molar-refractivity contribution is 0.0950. The van der Waals surface area contributed by atoms with Crippen molar-refractivity contribution in [3.05, 3.63) is 54.4 Å². The molecule has 5 nitrogen and oxygen atoms in total. The van der Waals surface area contributed by atoms with E-state index in [1.54, 1.807) is 12.4 Å². The molecule has 0 aliphatic rings. The molecule has 0 aliphatic carbocycles. The number of nitrogens with zero attached hydrogens (tertiary/aromatic N) is 3. The molecule has 1 amide bonds. The molecule has 2 rings (SSSR count). The number of benzene rings is 1. The summed E-state index contributed by atoms with van der Waals surface area (Å²) in [5.41, 5.74) is 2.58. The number of anilines is 2. The fourth-order valence-corrected chi connectivity index (χ4v) is 2.32. The van der Waals surface area contributed by atoms with Crippen LogP contribution in [0.15, 0.2) is 48.8 Å². The Kier molecular flexibility index (Phi) is 6.11. The van der Waals surface area contributed by atoms with E-state index in [9.17, 15) is 4.79 Å². The Bertz CT molecular complexity index is 628. The Morgan fingerprint density at radius 1 is 1.13 bits per heavy atom. The van der Waals surface area contributed by atoms with Crippen molar-refractivity contribution in [2.24, 2.45) is 0 Å². The molecule has 23 heavy (non-hydrogen) atoms. The molecule has 5 heteroatoms. The van der Waals surface area contributed by atoms with Gasteiger partial charge in [-0.1, -0.05) is 18.2 Å². The zero-order chi connectivity index (χ0) is 16.7. The molecule has 1 aromatic heterocycles. The molecule has 0 atom stereocenters. The second kappa shape index (κ2) is 8.29. The van der Waals surface area contributed by atoms with Gasteiger partial charge in [0, 0.05) is 31.5 Å². The third kappa shape index (κ3) is 4.79. The normalized spacial score (nSPS) is 10.6. The lowest BCUT2D eigenvalue weighted by Crippen LogP contribution is -2.31. The standard InChI is InChI=1S/C18H24N4O/c1-4-22(16-8-6-5-7-9-16)17-12-15(13-19-14-17)18(23)20-10-11-21(2)3/h5-9,12-14H,4,10-11H2,1-3H3,(H,20,23). The number of hydrogen-bond donors (Lipinski definition) is 1. The summed E-state index contributed by atoms with van der Waals surface area (Å²) in [4.78, 5) is 20.6. The maximum Gasteiger partial charge on any atom is 0.252 e. The van der Waals surface area contributed by atoms with Crippen LogP contribution in [-0.4, -0.2) is 49.5 Å². The van der Waals surface area contributed by atoms with E-state index < -0.39 is 0 Å². The lowest BCUT2D eigenvalue weighted by Gasteiger charge is -2.23. The average molecular weight is 312 g/mol. The molecule has 1 heterocycles. The minimum Gasteiger partial charge on any atom is -0.351 e. The minimum atomic E-state index is -0.0923. The van der Waals surface area contributed by atoms with Crippen molar-refractivity contribution >= 4 is 17.3 Å². The number of rotatable bonds is 7. The Morgan fingerprint density at radius 3 is 2.52 bits per heavy atom. The van der Waals surface area contributed by atoms with Crippen LogP contribution in [-0.2, 0) is 0 Å². The second-order valence-corrected chi connectivity index (χ2v) is 5.57. The molecule has 0 bridgehead atoms. The molecular weight excluding hydrogens is 288 g/mol. The van der Waals surface area contributed by atoms with Crippen LogP contribution in [0.4, 0.5) is 11.4 Å². The van der Waals surface area contributed by atoms with E-state index >= 15 is 0 Å². The zero-order valence-corrected chi connectivity index (χ0v) is 14.0. The number of nitrogens with one attached hydrogen (secondary N) is 1. The maximum atomic E-state index is 12.2. The largest absolute Gasteiger partial charge is 0.351 e. The second-order valence-electron chi connectivity index (χ2n) is 5.57. The first kappa shape index (κ1) is 17.0. The number of para-hydroxylation sites is 1. The van der Waals surface area contributed by atoms with Gasteiger partial charge in [0.25, 0.3) is 5.91 Å². The van der Waals surface area contributed by atoms with Crippen LogP contribution in [0.3, 0.4) is 0 Å². The Hall–Kier alpha value is -2.40. The summed E-state index contributed by atoms with van der Waals surface area (Å²) in [7, 11) is 3.96. The number of aromatic nitrogens is 1. The Balaban J connectivity index is 2.13. The van der Waals surface area contributed by atoms with Gasteiger partial charge in [0.05, 0.1) is 17.4 Å².